The number of aryl methyl sites for hydroxylation is 1. The Bertz CT molecular complexity index is 1120. The van der Waals surface area contributed by atoms with Crippen LogP contribution in [-0.4, -0.2) is 4.98 Å². The molecule has 4 rings (SSSR count). The fraction of sp³-hybridized carbons (Fsp3) is 0.281. The van der Waals surface area contributed by atoms with E-state index in [1.54, 1.807) is 0 Å². The van der Waals surface area contributed by atoms with Crippen LogP contribution in [0.15, 0.2) is 97.1 Å². The first-order valence-electron chi connectivity index (χ1n) is 12.3. The molecule has 3 aromatic carbocycles. The van der Waals surface area contributed by atoms with E-state index in [4.69, 9.17) is 0 Å². The summed E-state index contributed by atoms with van der Waals surface area (Å²) in [5.74, 6) is 1.04. The minimum atomic E-state index is 0.309. The molecule has 1 N–H and O–H groups in total. The van der Waals surface area contributed by atoms with E-state index in [2.05, 4.69) is 106 Å². The van der Waals surface area contributed by atoms with Gasteiger partial charge >= 0.3 is 0 Å². The van der Waals surface area contributed by atoms with Crippen LogP contribution < -0.4 is 5.32 Å². The summed E-state index contributed by atoms with van der Waals surface area (Å²) >= 11 is 0. The predicted octanol–water partition coefficient (Wildman–Crippen LogP) is 9.16. The fourth-order valence-electron chi connectivity index (χ4n) is 4.07. The van der Waals surface area contributed by atoms with Crippen LogP contribution in [-0.2, 0) is 0 Å². The first kappa shape index (κ1) is 25.2. The molecule has 0 aliphatic rings. The van der Waals surface area contributed by atoms with Crippen molar-refractivity contribution in [2.24, 2.45) is 0 Å². The lowest BCUT2D eigenvalue weighted by molar-refractivity contribution is 0.811. The van der Waals surface area contributed by atoms with Crippen molar-refractivity contribution >= 4 is 5.69 Å². The maximum absolute atomic E-state index is 4.44. The highest BCUT2D eigenvalue weighted by atomic mass is 14.9. The number of benzene rings is 3. The number of anilines is 1. The summed E-state index contributed by atoms with van der Waals surface area (Å²) in [6.07, 6.45) is 0. The van der Waals surface area contributed by atoms with Crippen LogP contribution in [0.25, 0.3) is 11.3 Å². The Kier molecular flexibility index (Phi) is 9.04. The number of rotatable bonds is 6. The molecule has 0 fully saturated rings. The molecule has 1 atom stereocenters. The zero-order valence-corrected chi connectivity index (χ0v) is 21.4. The third-order valence-corrected chi connectivity index (χ3v) is 5.99. The molecule has 0 aliphatic carbocycles. The number of hydrogen-bond acceptors (Lipinski definition) is 2. The molecule has 1 unspecified atom stereocenters. The summed E-state index contributed by atoms with van der Waals surface area (Å²) < 4.78 is 0. The van der Waals surface area contributed by atoms with Crippen LogP contribution in [0.3, 0.4) is 0 Å². The van der Waals surface area contributed by atoms with Gasteiger partial charge in [0.2, 0.25) is 0 Å². The summed E-state index contributed by atoms with van der Waals surface area (Å²) in [7, 11) is 0. The summed E-state index contributed by atoms with van der Waals surface area (Å²) in [5.41, 5.74) is 8.73. The number of aromatic nitrogens is 1. The quantitative estimate of drug-likeness (QED) is 0.317. The first-order chi connectivity index (χ1) is 16.4. The standard InChI is InChI=1S/C20H27N.C12H11N/c1-14(2)18-12-9-13-19(15(3)4)20(18)21-16(5)17-10-7-6-8-11-17;1-10-6-5-9-12(13-10)11-7-3-2-4-8-11/h6-16,21H,1-5H3;2-9H,1H3. The van der Waals surface area contributed by atoms with E-state index in [9.17, 15) is 0 Å². The zero-order valence-electron chi connectivity index (χ0n) is 21.4. The van der Waals surface area contributed by atoms with E-state index in [0.717, 1.165) is 11.4 Å². The smallest absolute Gasteiger partial charge is 0.0705 e. The first-order valence-corrected chi connectivity index (χ1v) is 12.3. The van der Waals surface area contributed by atoms with Crippen LogP contribution in [0.1, 0.15) is 74.9 Å². The van der Waals surface area contributed by atoms with Gasteiger partial charge in [0.15, 0.2) is 0 Å². The second-order valence-corrected chi connectivity index (χ2v) is 9.43. The average molecular weight is 451 g/mol. The number of hydrogen-bond donors (Lipinski definition) is 1. The maximum Gasteiger partial charge on any atom is 0.0705 e. The molecule has 2 nitrogen and oxygen atoms in total. The van der Waals surface area contributed by atoms with Gasteiger partial charge in [0, 0.05) is 23.0 Å². The van der Waals surface area contributed by atoms with E-state index in [1.807, 2.05) is 43.3 Å². The van der Waals surface area contributed by atoms with Crippen molar-refractivity contribution in [3.05, 3.63) is 119 Å². The molecule has 34 heavy (non-hydrogen) atoms. The summed E-state index contributed by atoms with van der Waals surface area (Å²) in [4.78, 5) is 4.44. The van der Waals surface area contributed by atoms with Gasteiger partial charge in [-0.05, 0) is 54.5 Å². The van der Waals surface area contributed by atoms with Crippen molar-refractivity contribution in [1.82, 2.24) is 4.98 Å². The van der Waals surface area contributed by atoms with Crippen LogP contribution in [0.2, 0.25) is 0 Å². The van der Waals surface area contributed by atoms with E-state index < -0.39 is 0 Å². The average Bonchev–Trinajstić information content (AvgIpc) is 2.85. The van der Waals surface area contributed by atoms with Crippen molar-refractivity contribution in [3.8, 4) is 11.3 Å². The van der Waals surface area contributed by atoms with Gasteiger partial charge in [0.25, 0.3) is 0 Å². The second-order valence-electron chi connectivity index (χ2n) is 9.43. The molecule has 1 aromatic heterocycles. The van der Waals surface area contributed by atoms with Gasteiger partial charge in [0.1, 0.15) is 0 Å². The fourth-order valence-corrected chi connectivity index (χ4v) is 4.07. The third-order valence-electron chi connectivity index (χ3n) is 5.99. The topological polar surface area (TPSA) is 24.9 Å². The van der Waals surface area contributed by atoms with E-state index >= 15 is 0 Å². The molecule has 176 valence electrons. The van der Waals surface area contributed by atoms with Crippen molar-refractivity contribution in [2.75, 3.05) is 5.32 Å². The van der Waals surface area contributed by atoms with Crippen molar-refractivity contribution in [2.45, 2.75) is 59.4 Å². The number of nitrogens with zero attached hydrogens (tertiary/aromatic N) is 1. The SMILES string of the molecule is CC(C)c1cccc(C(C)C)c1NC(C)c1ccccc1.Cc1cccc(-c2ccccc2)n1. The van der Waals surface area contributed by atoms with Crippen LogP contribution in [0.5, 0.6) is 0 Å². The summed E-state index contributed by atoms with van der Waals surface area (Å²) in [5, 5.41) is 3.76. The minimum Gasteiger partial charge on any atom is -0.378 e. The summed E-state index contributed by atoms with van der Waals surface area (Å²) in [6.45, 7) is 13.3. The normalized spacial score (nSPS) is 11.6. The molecule has 0 saturated carbocycles. The molecule has 1 heterocycles. The number of para-hydroxylation sites is 1. The molecular weight excluding hydrogens is 412 g/mol. The molecule has 0 saturated heterocycles. The van der Waals surface area contributed by atoms with Crippen LogP contribution in [0.4, 0.5) is 5.69 Å². The molecular formula is C32H38N2. The Morgan fingerprint density at radius 2 is 1.12 bits per heavy atom. The van der Waals surface area contributed by atoms with Crippen molar-refractivity contribution in [3.63, 3.8) is 0 Å². The van der Waals surface area contributed by atoms with Gasteiger partial charge < -0.3 is 5.32 Å². The lowest BCUT2D eigenvalue weighted by atomic mass is 9.92. The van der Waals surface area contributed by atoms with Gasteiger partial charge in [-0.1, -0.05) is 113 Å². The Hall–Kier alpha value is -3.39. The highest BCUT2D eigenvalue weighted by Gasteiger charge is 2.16. The Labute approximate surface area is 206 Å². The predicted molar refractivity (Wildman–Crippen MR) is 148 cm³/mol. The Morgan fingerprint density at radius 3 is 1.65 bits per heavy atom. The second kappa shape index (κ2) is 12.2. The van der Waals surface area contributed by atoms with Crippen molar-refractivity contribution < 1.29 is 0 Å². The lowest BCUT2D eigenvalue weighted by Gasteiger charge is -2.24. The highest BCUT2D eigenvalue weighted by Crippen LogP contribution is 2.34. The molecule has 4 aromatic rings. The highest BCUT2D eigenvalue weighted by molar-refractivity contribution is 5.61. The van der Waals surface area contributed by atoms with Gasteiger partial charge in [-0.3, -0.25) is 4.98 Å². The number of pyridine rings is 1. The van der Waals surface area contributed by atoms with Crippen LogP contribution in [0, 0.1) is 6.92 Å². The van der Waals surface area contributed by atoms with Gasteiger partial charge in [-0.15, -0.1) is 0 Å². The zero-order chi connectivity index (χ0) is 24.5. The van der Waals surface area contributed by atoms with Gasteiger partial charge in [0.05, 0.1) is 5.69 Å². The minimum absolute atomic E-state index is 0.309. The Balaban J connectivity index is 0.000000212. The molecule has 0 spiro atoms. The maximum atomic E-state index is 4.44. The molecule has 0 radical (unpaired) electrons. The van der Waals surface area contributed by atoms with E-state index in [-0.39, 0.29) is 0 Å². The van der Waals surface area contributed by atoms with E-state index in [1.165, 1.54) is 27.9 Å². The number of nitrogens with one attached hydrogen (secondary N) is 1. The Morgan fingerprint density at radius 1 is 0.588 bits per heavy atom. The molecule has 0 amide bonds. The third kappa shape index (κ3) is 6.81. The van der Waals surface area contributed by atoms with Crippen molar-refractivity contribution in [1.29, 1.82) is 0 Å². The van der Waals surface area contributed by atoms with E-state index in [0.29, 0.717) is 17.9 Å². The largest absolute Gasteiger partial charge is 0.378 e. The molecule has 0 aliphatic heterocycles. The molecule has 0 bridgehead atoms. The molecule has 2 heteroatoms. The monoisotopic (exact) mass is 450 g/mol. The van der Waals surface area contributed by atoms with Gasteiger partial charge in [-0.25, -0.2) is 0 Å². The summed E-state index contributed by atoms with van der Waals surface area (Å²) in [6, 6.07) is 33.9. The lowest BCUT2D eigenvalue weighted by Crippen LogP contribution is -2.11. The van der Waals surface area contributed by atoms with Crippen LogP contribution >= 0.6 is 0 Å². The van der Waals surface area contributed by atoms with Gasteiger partial charge in [-0.2, -0.15) is 0 Å².